The summed E-state index contributed by atoms with van der Waals surface area (Å²) in [5.41, 5.74) is 1.34. The Labute approximate surface area is 879 Å². The van der Waals surface area contributed by atoms with Crippen LogP contribution in [-0.2, 0) is 114 Å². The molecule has 147 heavy (non-hydrogen) atoms. The molecule has 24 fully saturated rings. The van der Waals surface area contributed by atoms with E-state index in [-0.39, 0.29) is 73.2 Å². The molecule has 0 aromatic carbocycles. The van der Waals surface area contributed by atoms with Crippen molar-refractivity contribution in [3.63, 3.8) is 0 Å². The maximum absolute atomic E-state index is 12.5. The smallest absolute Gasteiger partial charge is 0.344 e. The molecule has 0 spiro atoms. The molecule has 24 aliphatic carbocycles. The standard InChI is InChI=1S/3C21H32O4.3C20H30O4/c1-13(2)8-21(25-18(22)12-24-19(23)14(3)4)16-6-15-7-17(21)11-20(5,9-15)10-16;1-6-14(4)21(25-18(22)12-24-19(23)13(2)3)16-7-15-8-17(21)11-20(5,9-15)10-16;1-5-6-7-21(25-18(22)13-24-19(23)14(2)3)16-8-15-9-17(21)12-20(4,10-15)11-16;1-5-17(21)23-12-18(22)24-20(8-13(2)3)15-6-14-7-16(20)11-19(4,9-14)10-15;1-5-13(3)20(24-18(22)12-23-17(21)6-2)15-7-14-8-16(20)11-19(4,9-14)10-15;1-4-6-7-20(24-18(22)13-23-17(21)5-2)15-8-14-9-16(20)12-19(3,10-14)11-15/h13,15-17H,3,6-12H2,1-2,4-5H3;14-17H,2,6-12H2,1,3-5H3;15-17H,2,5-13H2,1,3-4H3;5,13-16H,1,6-12H2,2-4H3;6,13-16H,2,5,7-12H2,1,3-4H3;5,14-16H,2,4,6-13H2,1,3H3. The fourth-order valence-electron chi connectivity index (χ4n) is 36.6. The number of esters is 12. The third-order valence-corrected chi connectivity index (χ3v) is 40.4. The molecule has 0 N–H and O–H groups in total. The van der Waals surface area contributed by atoms with E-state index in [9.17, 15) is 57.5 Å². The first-order chi connectivity index (χ1) is 69.1. The van der Waals surface area contributed by atoms with Gasteiger partial charge in [-0.25, -0.2) is 57.5 Å². The van der Waals surface area contributed by atoms with Gasteiger partial charge in [-0.1, -0.05) is 163 Å². The van der Waals surface area contributed by atoms with Crippen molar-refractivity contribution >= 4 is 71.6 Å². The van der Waals surface area contributed by atoms with Gasteiger partial charge in [0.2, 0.25) is 0 Å². The first-order valence-electron chi connectivity index (χ1n) is 57.3. The third-order valence-electron chi connectivity index (χ3n) is 40.4. The molecule has 0 aromatic rings. The van der Waals surface area contributed by atoms with E-state index in [2.05, 4.69) is 150 Å². The van der Waals surface area contributed by atoms with Crippen LogP contribution in [0.4, 0.5) is 0 Å². The summed E-state index contributed by atoms with van der Waals surface area (Å²) in [6, 6.07) is 0. The molecule has 0 aliphatic heterocycles. The van der Waals surface area contributed by atoms with Crippen molar-refractivity contribution < 1.29 is 114 Å². The highest BCUT2D eigenvalue weighted by atomic mass is 16.6. The van der Waals surface area contributed by atoms with Crippen molar-refractivity contribution in [2.75, 3.05) is 39.6 Å². The van der Waals surface area contributed by atoms with Gasteiger partial charge in [0.05, 0.1) is 0 Å². The number of rotatable bonds is 38. The molecular weight excluding hydrogens is 1860 g/mol. The number of ether oxygens (including phenoxy) is 12. The second kappa shape index (κ2) is 46.6. The Morgan fingerprint density at radius 3 is 0.639 bits per heavy atom. The van der Waals surface area contributed by atoms with Crippen molar-refractivity contribution in [3.05, 3.63) is 74.4 Å². The number of hydrogen-bond donors (Lipinski definition) is 0. The highest BCUT2D eigenvalue weighted by molar-refractivity contribution is 5.90. The van der Waals surface area contributed by atoms with Gasteiger partial charge in [-0.3, -0.25) is 0 Å². The van der Waals surface area contributed by atoms with Gasteiger partial charge in [0, 0.05) is 58.6 Å². The van der Waals surface area contributed by atoms with Crippen LogP contribution in [0, 0.1) is 163 Å². The third kappa shape index (κ3) is 25.6. The summed E-state index contributed by atoms with van der Waals surface area (Å²) in [7, 11) is 0. The zero-order valence-corrected chi connectivity index (χ0v) is 93.5. The molecule has 0 amide bonds. The summed E-state index contributed by atoms with van der Waals surface area (Å²) >= 11 is 0. The van der Waals surface area contributed by atoms with Crippen LogP contribution in [0.2, 0.25) is 0 Å². The van der Waals surface area contributed by atoms with E-state index in [0.29, 0.717) is 144 Å². The lowest BCUT2D eigenvalue weighted by Gasteiger charge is -2.65. The predicted molar refractivity (Wildman–Crippen MR) is 561 cm³/mol. The summed E-state index contributed by atoms with van der Waals surface area (Å²) in [5.74, 6) is 6.06. The lowest BCUT2D eigenvalue weighted by atomic mass is 9.43. The van der Waals surface area contributed by atoms with Crippen LogP contribution in [0.1, 0.15) is 388 Å². The van der Waals surface area contributed by atoms with Crippen LogP contribution in [0.15, 0.2) is 74.4 Å². The Morgan fingerprint density at radius 1 is 0.272 bits per heavy atom. The van der Waals surface area contributed by atoms with Crippen molar-refractivity contribution in [3.8, 4) is 0 Å². The van der Waals surface area contributed by atoms with Crippen LogP contribution in [-0.4, -0.2) is 145 Å². The van der Waals surface area contributed by atoms with Gasteiger partial charge in [-0.15, -0.1) is 0 Å². The molecule has 24 heteroatoms. The van der Waals surface area contributed by atoms with Crippen molar-refractivity contribution in [2.45, 2.75) is 422 Å². The van der Waals surface area contributed by atoms with Crippen molar-refractivity contribution in [2.24, 2.45) is 163 Å². The molecule has 24 saturated carbocycles. The molecule has 24 aliphatic rings. The van der Waals surface area contributed by atoms with E-state index in [4.69, 9.17) is 56.8 Å². The Hall–Kier alpha value is -7.92. The van der Waals surface area contributed by atoms with E-state index in [0.717, 1.165) is 169 Å². The van der Waals surface area contributed by atoms with Crippen LogP contribution in [0.5, 0.6) is 0 Å². The highest BCUT2D eigenvalue weighted by Gasteiger charge is 2.71. The zero-order valence-electron chi connectivity index (χ0n) is 93.5. The van der Waals surface area contributed by atoms with E-state index >= 15 is 0 Å². The van der Waals surface area contributed by atoms with E-state index in [1.165, 1.54) is 141 Å². The Kier molecular flexibility index (Phi) is 36.8. The SMILES string of the molecule is C=C(C)C(=O)OCC(=O)OC1(C(C)CC)C2CC3CC1CC(C)(C3)C2.C=C(C)C(=O)OCC(=O)OC1(CC(C)C)C2CC3CC1CC(C)(C3)C2.C=C(C)C(=O)OCC(=O)OC1(CCCC)C2CC3CC1CC(C)(C3)C2.C=CC(=O)OCC(=O)OC1(C(C)CC)C2CC3CC1CC(C)(C3)C2.C=CC(=O)OCC(=O)OC1(CC(C)C)C2CC3CC1CC(C)(C3)C2.C=CC(=O)OCC(=O)OC1(CCCC)C2CC3CC1CC(C)(C3)C2. The van der Waals surface area contributed by atoms with E-state index < -0.39 is 71.6 Å². The van der Waals surface area contributed by atoms with E-state index in [1.54, 1.807) is 20.8 Å². The number of hydrogen-bond acceptors (Lipinski definition) is 24. The molecule has 822 valence electrons. The van der Waals surface area contributed by atoms with Gasteiger partial charge in [0.15, 0.2) is 39.6 Å². The summed E-state index contributed by atoms with van der Waals surface area (Å²) in [6.07, 6.45) is 49.4. The summed E-state index contributed by atoms with van der Waals surface area (Å²) < 4.78 is 66.6. The van der Waals surface area contributed by atoms with Gasteiger partial charge in [0.1, 0.15) is 33.6 Å². The fourth-order valence-corrected chi connectivity index (χ4v) is 36.6. The molecule has 0 saturated heterocycles. The van der Waals surface area contributed by atoms with Gasteiger partial charge < -0.3 is 56.8 Å². The number of carbonyl (C=O) groups is 12. The Balaban J connectivity index is 0.000000147. The number of carbonyl (C=O) groups excluding carboxylic acids is 12. The minimum atomic E-state index is -0.581. The highest BCUT2D eigenvalue weighted by Crippen LogP contribution is 2.73. The first-order valence-corrected chi connectivity index (χ1v) is 57.3. The average molecular weight is 2050 g/mol. The monoisotopic (exact) mass is 2050 g/mol. The Morgan fingerprint density at radius 2 is 0.456 bits per heavy atom. The Bertz CT molecular complexity index is 4750. The largest absolute Gasteiger partial charge is 0.456 e. The maximum Gasteiger partial charge on any atom is 0.344 e. The first kappa shape index (κ1) is 116. The molecule has 24 rings (SSSR count). The quantitative estimate of drug-likeness (QED) is 0.0315. The molecule has 0 aromatic heterocycles. The van der Waals surface area contributed by atoms with Crippen LogP contribution < -0.4 is 0 Å². The van der Waals surface area contributed by atoms with E-state index in [1.807, 2.05) is 0 Å². The molecule has 24 nitrogen and oxygen atoms in total. The zero-order chi connectivity index (χ0) is 107. The van der Waals surface area contributed by atoms with Crippen LogP contribution in [0.3, 0.4) is 0 Å². The minimum Gasteiger partial charge on any atom is -0.456 e. The van der Waals surface area contributed by atoms with Crippen molar-refractivity contribution in [1.82, 2.24) is 0 Å². The predicted octanol–water partition coefficient (Wildman–Crippen LogP) is 24.8. The molecule has 14 atom stereocenters. The molecule has 14 unspecified atom stereocenters. The van der Waals surface area contributed by atoms with Crippen LogP contribution >= 0.6 is 0 Å². The van der Waals surface area contributed by atoms with Crippen molar-refractivity contribution in [1.29, 1.82) is 0 Å². The van der Waals surface area contributed by atoms with Gasteiger partial charge in [-0.2, -0.15) is 0 Å². The minimum absolute atomic E-state index is 0.298. The maximum atomic E-state index is 12.5. The number of unbranched alkanes of at least 4 members (excludes halogenated alkanes) is 2. The topological polar surface area (TPSA) is 316 Å². The molecule has 24 bridgehead atoms. The second-order valence-electron chi connectivity index (χ2n) is 53.8. The fraction of sp³-hybridized carbons (Fsp3) is 0.805. The normalized spacial score (nSPS) is 39.5. The lowest BCUT2D eigenvalue weighted by Crippen LogP contribution is -2.65. The molecule has 0 heterocycles. The van der Waals surface area contributed by atoms with Gasteiger partial charge in [-0.05, 0) is 404 Å². The lowest BCUT2D eigenvalue weighted by molar-refractivity contribution is -0.242. The average Bonchev–Trinajstić information content (AvgIpc) is 0.711. The summed E-state index contributed by atoms with van der Waals surface area (Å²) in [6.45, 7) is 59.9. The molecular formula is C123H186O24. The summed E-state index contributed by atoms with van der Waals surface area (Å²) in [4.78, 5) is 143. The van der Waals surface area contributed by atoms with Crippen LogP contribution in [0.25, 0.3) is 0 Å². The van der Waals surface area contributed by atoms with Gasteiger partial charge in [0.25, 0.3) is 0 Å². The second-order valence-corrected chi connectivity index (χ2v) is 53.8. The summed E-state index contributed by atoms with van der Waals surface area (Å²) in [5, 5.41) is 0. The van der Waals surface area contributed by atoms with Gasteiger partial charge >= 0.3 is 71.6 Å². The molecule has 0 radical (unpaired) electrons.